The number of hydrogen-bond donors (Lipinski definition) is 2. The summed E-state index contributed by atoms with van der Waals surface area (Å²) in [7, 11) is -1.19. The maximum Gasteiger partial charge on any atom is 0.422 e. The largest absolute Gasteiger partial charge is 0.497 e. The number of carbonyl (C=O) groups excluding carboxylic acids is 2. The predicted molar refractivity (Wildman–Crippen MR) is 249 cm³/mol. The first-order valence-electron chi connectivity index (χ1n) is 21.8. The van der Waals surface area contributed by atoms with Crippen molar-refractivity contribution < 1.29 is 37.0 Å². The Morgan fingerprint density at radius 2 is 1.25 bits per heavy atom. The van der Waals surface area contributed by atoms with Gasteiger partial charge in [-0.2, -0.15) is 13.1 Å². The summed E-state index contributed by atoms with van der Waals surface area (Å²) in [4.78, 5) is 30.6. The lowest BCUT2D eigenvalue weighted by molar-refractivity contribution is -0.155. The minimum atomic E-state index is -4.38. The summed E-state index contributed by atoms with van der Waals surface area (Å²) in [6, 6.07) is 45.6. The number of ketones is 1. The Morgan fingerprint density at radius 3 is 1.75 bits per heavy atom. The molecule has 64 heavy (non-hydrogen) atoms. The van der Waals surface area contributed by atoms with E-state index in [1.54, 1.807) is 38.5 Å². The number of rotatable bonds is 17. The molecule has 2 aliphatic carbocycles. The van der Waals surface area contributed by atoms with Crippen molar-refractivity contribution in [2.75, 3.05) is 27.3 Å². The van der Waals surface area contributed by atoms with Crippen molar-refractivity contribution in [1.29, 1.82) is 0 Å². The molecule has 0 radical (unpaired) electrons. The van der Waals surface area contributed by atoms with E-state index in [0.717, 1.165) is 34.4 Å². The molecule has 0 spiro atoms. The van der Waals surface area contributed by atoms with Gasteiger partial charge >= 0.3 is 16.3 Å². The van der Waals surface area contributed by atoms with Crippen molar-refractivity contribution in [2.45, 2.75) is 80.4 Å². The molecule has 5 aromatic rings. The average molecular weight is 904 g/mol. The molecular formula is C51H57N3O8S2. The lowest BCUT2D eigenvalue weighted by atomic mass is 9.78. The number of hydrogen-bond acceptors (Lipinski definition) is 10. The Bertz CT molecular complexity index is 2410. The van der Waals surface area contributed by atoms with Gasteiger partial charge < -0.3 is 18.9 Å². The fourth-order valence-electron chi connectivity index (χ4n) is 10.3. The van der Waals surface area contributed by atoms with E-state index in [9.17, 15) is 13.2 Å². The van der Waals surface area contributed by atoms with Crippen LogP contribution in [0.15, 0.2) is 140 Å². The van der Waals surface area contributed by atoms with Crippen molar-refractivity contribution in [3.63, 3.8) is 0 Å². The molecule has 3 unspecified atom stereocenters. The maximum atomic E-state index is 15.5. The summed E-state index contributed by atoms with van der Waals surface area (Å²) in [6.07, 6.45) is 0.809. The molecule has 3 fully saturated rings. The average Bonchev–Trinajstić information content (AvgIpc) is 3.55. The van der Waals surface area contributed by atoms with E-state index in [0.29, 0.717) is 30.7 Å². The van der Waals surface area contributed by atoms with E-state index in [-0.39, 0.29) is 36.7 Å². The summed E-state index contributed by atoms with van der Waals surface area (Å²) in [6.45, 7) is 6.84. The van der Waals surface area contributed by atoms with Crippen LogP contribution >= 0.6 is 11.8 Å². The van der Waals surface area contributed by atoms with Crippen LogP contribution in [0.2, 0.25) is 0 Å². The minimum Gasteiger partial charge on any atom is -0.497 e. The second-order valence-electron chi connectivity index (χ2n) is 17.7. The Labute approximate surface area is 381 Å². The lowest BCUT2D eigenvalue weighted by Crippen LogP contribution is -2.62. The van der Waals surface area contributed by atoms with Crippen LogP contribution in [0.3, 0.4) is 0 Å². The molecule has 5 aromatic carbocycles. The number of Topliss-reactive ketones (excluding diaryl/α,β-unsaturated/α-hetero) is 1. The highest BCUT2D eigenvalue weighted by Crippen LogP contribution is 2.71. The molecule has 5 atom stereocenters. The Hall–Kier alpha value is -5.18. The fraction of sp³-hybridized carbons (Fsp3) is 0.373. The number of amides is 1. The van der Waals surface area contributed by atoms with E-state index >= 15 is 4.79 Å². The molecule has 2 saturated carbocycles. The van der Waals surface area contributed by atoms with Gasteiger partial charge in [0.2, 0.25) is 0 Å². The zero-order valence-corrected chi connectivity index (χ0v) is 38.6. The molecule has 8 rings (SSSR count). The topological polar surface area (TPSA) is 132 Å². The number of nitrogens with zero attached hydrogens (tertiary/aromatic N) is 1. The van der Waals surface area contributed by atoms with Crippen LogP contribution in [-0.4, -0.2) is 74.9 Å². The van der Waals surface area contributed by atoms with Crippen LogP contribution in [0.4, 0.5) is 4.79 Å². The van der Waals surface area contributed by atoms with Gasteiger partial charge in [0.1, 0.15) is 23.7 Å². The SMILES string of the molecule is COc1ccc(COC(=O)NS(=O)(=O)NC[C@@H]2C[C@H](SC(c3ccccc3)(c3ccccc3)c3ccccc3)CN2C2(C)CCC3C(C)(C)C3(OCc3ccc(OC)cc3)C2=O)cc1. The first-order valence-corrected chi connectivity index (χ1v) is 24.1. The number of thioether (sulfide) groups is 1. The number of ether oxygens (including phenoxy) is 4. The van der Waals surface area contributed by atoms with Crippen molar-refractivity contribution in [1.82, 2.24) is 14.3 Å². The normalized spacial score (nSPS) is 24.1. The summed E-state index contributed by atoms with van der Waals surface area (Å²) < 4.78 is 53.9. The monoisotopic (exact) mass is 903 g/mol. The molecule has 0 bridgehead atoms. The van der Waals surface area contributed by atoms with Crippen molar-refractivity contribution >= 4 is 33.8 Å². The molecule has 1 heterocycles. The smallest absolute Gasteiger partial charge is 0.422 e. The molecular weight excluding hydrogens is 847 g/mol. The summed E-state index contributed by atoms with van der Waals surface area (Å²) in [5.74, 6) is 1.45. The van der Waals surface area contributed by atoms with E-state index in [1.165, 1.54) is 0 Å². The minimum absolute atomic E-state index is 0.0222. The molecule has 336 valence electrons. The Balaban J connectivity index is 1.10. The van der Waals surface area contributed by atoms with Gasteiger partial charge in [-0.3, -0.25) is 9.69 Å². The van der Waals surface area contributed by atoms with Gasteiger partial charge in [0, 0.05) is 35.7 Å². The van der Waals surface area contributed by atoms with E-state index < -0.39 is 43.6 Å². The standard InChI is InChI=1S/C51H57N3O8S2/c1-48(2)45-29-30-49(3,46(55)51(45,48)62-35-37-23-27-43(60-5)28-24-37)54-33-44(31-41(54)32-52-64(57,58)53-47(56)61-34-36-21-25-42(59-4)26-22-36)63-50(38-15-9-6-10-16-38,39-17-11-7-12-18-39)40-19-13-8-14-20-40/h6-28,41,44-45,52H,29-35H2,1-5H3,(H,53,56)/t41-,44-,45?,49?,51?/m0/s1. The molecule has 0 aromatic heterocycles. The third-order valence-corrected chi connectivity index (χ3v) is 16.5. The predicted octanol–water partition coefficient (Wildman–Crippen LogP) is 8.67. The van der Waals surface area contributed by atoms with Gasteiger partial charge in [-0.15, -0.1) is 11.8 Å². The zero-order valence-electron chi connectivity index (χ0n) is 37.0. The molecule has 2 N–H and O–H groups in total. The number of methoxy groups -OCH3 is 2. The fourth-order valence-corrected chi connectivity index (χ4v) is 12.9. The van der Waals surface area contributed by atoms with Crippen LogP contribution in [0, 0.1) is 11.3 Å². The Morgan fingerprint density at radius 1 is 0.750 bits per heavy atom. The second-order valence-corrected chi connectivity index (χ2v) is 20.7. The molecule has 13 heteroatoms. The van der Waals surface area contributed by atoms with Crippen LogP contribution in [0.5, 0.6) is 11.5 Å². The molecule has 3 aliphatic rings. The summed E-state index contributed by atoms with van der Waals surface area (Å²) >= 11 is 1.83. The quantitative estimate of drug-likeness (QED) is 0.0875. The highest BCUT2D eigenvalue weighted by atomic mass is 32.2. The van der Waals surface area contributed by atoms with Crippen LogP contribution < -0.4 is 18.9 Å². The van der Waals surface area contributed by atoms with Gasteiger partial charge in [-0.05, 0) is 78.3 Å². The second kappa shape index (κ2) is 18.4. The van der Waals surface area contributed by atoms with Crippen molar-refractivity contribution in [2.24, 2.45) is 11.3 Å². The molecule has 1 aliphatic heterocycles. The number of fused-ring (bicyclic) bond motifs is 1. The van der Waals surface area contributed by atoms with Crippen molar-refractivity contribution in [3.05, 3.63) is 167 Å². The van der Waals surface area contributed by atoms with E-state index in [1.807, 2.05) is 65.9 Å². The van der Waals surface area contributed by atoms with Crippen LogP contribution in [0.1, 0.15) is 67.9 Å². The lowest BCUT2D eigenvalue weighted by Gasteiger charge is -2.46. The first-order chi connectivity index (χ1) is 30.8. The number of benzene rings is 5. The van der Waals surface area contributed by atoms with Gasteiger partial charge in [0.05, 0.1) is 31.1 Å². The highest BCUT2D eigenvalue weighted by Gasteiger charge is 2.81. The highest BCUT2D eigenvalue weighted by molar-refractivity contribution is 8.01. The van der Waals surface area contributed by atoms with Gasteiger partial charge in [-0.25, -0.2) is 9.52 Å². The zero-order chi connectivity index (χ0) is 45.2. The first kappa shape index (κ1) is 45.4. The van der Waals surface area contributed by atoms with Gasteiger partial charge in [0.15, 0.2) is 5.78 Å². The summed E-state index contributed by atoms with van der Waals surface area (Å²) in [5.41, 5.74) is 2.52. The molecule has 1 amide bonds. The third-order valence-electron chi connectivity index (χ3n) is 13.8. The van der Waals surface area contributed by atoms with Crippen LogP contribution in [-0.2, 0) is 42.4 Å². The molecule has 11 nitrogen and oxygen atoms in total. The number of nitrogens with one attached hydrogen (secondary N) is 2. The Kier molecular flexibility index (Phi) is 13.0. The van der Waals surface area contributed by atoms with Crippen molar-refractivity contribution in [3.8, 4) is 11.5 Å². The van der Waals surface area contributed by atoms with Gasteiger partial charge in [-0.1, -0.05) is 129 Å². The third kappa shape index (κ3) is 8.68. The summed E-state index contributed by atoms with van der Waals surface area (Å²) in [5, 5.41) is -0.0664. The maximum absolute atomic E-state index is 15.5. The van der Waals surface area contributed by atoms with Gasteiger partial charge in [0.25, 0.3) is 0 Å². The molecule has 1 saturated heterocycles. The van der Waals surface area contributed by atoms with E-state index in [2.05, 4.69) is 96.3 Å². The van der Waals surface area contributed by atoms with E-state index in [4.69, 9.17) is 18.9 Å². The number of carbonyl (C=O) groups is 2. The van der Waals surface area contributed by atoms with Crippen LogP contribution in [0.25, 0.3) is 0 Å². The number of likely N-dealkylation sites (tertiary alicyclic amines) is 1.